The van der Waals surface area contributed by atoms with Crippen LogP contribution in [0.15, 0.2) is 24.3 Å². The lowest BCUT2D eigenvalue weighted by molar-refractivity contribution is 0.214. The van der Waals surface area contributed by atoms with Crippen LogP contribution in [0.25, 0.3) is 0 Å². The first-order valence-corrected chi connectivity index (χ1v) is 5.69. The van der Waals surface area contributed by atoms with Crippen molar-refractivity contribution in [2.24, 2.45) is 5.73 Å². The van der Waals surface area contributed by atoms with Crippen molar-refractivity contribution in [1.29, 1.82) is 0 Å². The number of nitrogens with zero attached hydrogens (tertiary/aromatic N) is 1. The molecule has 4 nitrogen and oxygen atoms in total. The molecule has 0 radical (unpaired) electrons. The molecular weight excluding hydrogens is 221 g/mol. The second-order valence-corrected chi connectivity index (χ2v) is 3.63. The van der Waals surface area contributed by atoms with Crippen LogP contribution in [0.5, 0.6) is 0 Å². The molecule has 2 amide bonds. The number of nitrogens with one attached hydrogen (secondary N) is 1. The minimum Gasteiger partial charge on any atom is -0.330 e. The van der Waals surface area contributed by atoms with Gasteiger partial charge in [-0.25, -0.2) is 9.18 Å². The summed E-state index contributed by atoms with van der Waals surface area (Å²) in [5.41, 5.74) is 5.59. The third-order valence-electron chi connectivity index (χ3n) is 2.42. The third kappa shape index (κ3) is 4.03. The molecule has 1 aromatic rings. The van der Waals surface area contributed by atoms with Crippen LogP contribution in [-0.4, -0.2) is 30.6 Å². The zero-order valence-electron chi connectivity index (χ0n) is 9.95. The van der Waals surface area contributed by atoms with Gasteiger partial charge in [-0.3, -0.25) is 0 Å². The fourth-order valence-electron chi connectivity index (χ4n) is 1.44. The van der Waals surface area contributed by atoms with Crippen molar-refractivity contribution in [3.05, 3.63) is 30.1 Å². The number of benzene rings is 1. The SMILES string of the molecule is CCN(CCCN)C(=O)Nc1ccccc1F. The number of halogens is 1. The van der Waals surface area contributed by atoms with Crippen molar-refractivity contribution in [3.63, 3.8) is 0 Å². The monoisotopic (exact) mass is 239 g/mol. The molecule has 0 aliphatic carbocycles. The maximum Gasteiger partial charge on any atom is 0.321 e. The molecule has 1 aromatic carbocycles. The second-order valence-electron chi connectivity index (χ2n) is 3.63. The number of anilines is 1. The zero-order valence-corrected chi connectivity index (χ0v) is 9.95. The number of para-hydroxylation sites is 1. The van der Waals surface area contributed by atoms with Crippen molar-refractivity contribution < 1.29 is 9.18 Å². The molecule has 1 rings (SSSR count). The van der Waals surface area contributed by atoms with Crippen molar-refractivity contribution in [2.45, 2.75) is 13.3 Å². The molecule has 0 spiro atoms. The summed E-state index contributed by atoms with van der Waals surface area (Å²) in [6, 6.07) is 5.80. The van der Waals surface area contributed by atoms with E-state index in [1.165, 1.54) is 12.1 Å². The first-order valence-electron chi connectivity index (χ1n) is 5.69. The average molecular weight is 239 g/mol. The predicted molar refractivity (Wildman–Crippen MR) is 66.3 cm³/mol. The summed E-state index contributed by atoms with van der Waals surface area (Å²) < 4.78 is 13.3. The number of urea groups is 1. The molecule has 0 bridgehead atoms. The van der Waals surface area contributed by atoms with E-state index in [9.17, 15) is 9.18 Å². The molecule has 0 aliphatic heterocycles. The topological polar surface area (TPSA) is 58.4 Å². The van der Waals surface area contributed by atoms with Gasteiger partial charge in [-0.2, -0.15) is 0 Å². The molecule has 0 aromatic heterocycles. The van der Waals surface area contributed by atoms with Crippen LogP contribution in [0.1, 0.15) is 13.3 Å². The van der Waals surface area contributed by atoms with Crippen LogP contribution in [0.2, 0.25) is 0 Å². The predicted octanol–water partition coefficient (Wildman–Crippen LogP) is 2.03. The largest absolute Gasteiger partial charge is 0.330 e. The quantitative estimate of drug-likeness (QED) is 0.826. The van der Waals surface area contributed by atoms with Gasteiger partial charge in [-0.1, -0.05) is 12.1 Å². The van der Waals surface area contributed by atoms with Crippen molar-refractivity contribution >= 4 is 11.7 Å². The Morgan fingerprint density at radius 1 is 1.47 bits per heavy atom. The molecule has 0 fully saturated rings. The van der Waals surface area contributed by atoms with Gasteiger partial charge in [0.2, 0.25) is 0 Å². The Morgan fingerprint density at radius 3 is 2.76 bits per heavy atom. The van der Waals surface area contributed by atoms with E-state index < -0.39 is 5.82 Å². The lowest BCUT2D eigenvalue weighted by Gasteiger charge is -2.21. The molecule has 5 heteroatoms. The zero-order chi connectivity index (χ0) is 12.7. The van der Waals surface area contributed by atoms with Gasteiger partial charge in [0, 0.05) is 13.1 Å². The first kappa shape index (κ1) is 13.4. The summed E-state index contributed by atoms with van der Waals surface area (Å²) in [6.07, 6.45) is 0.735. The molecule has 0 aliphatic rings. The number of carbonyl (C=O) groups is 1. The molecule has 0 atom stereocenters. The van der Waals surface area contributed by atoms with Crippen molar-refractivity contribution in [2.75, 3.05) is 25.0 Å². The number of amides is 2. The number of nitrogens with two attached hydrogens (primary N) is 1. The fraction of sp³-hybridized carbons (Fsp3) is 0.417. The lowest BCUT2D eigenvalue weighted by Crippen LogP contribution is -2.36. The van der Waals surface area contributed by atoms with E-state index in [2.05, 4.69) is 5.32 Å². The Bertz CT molecular complexity index is 371. The molecule has 94 valence electrons. The van der Waals surface area contributed by atoms with Gasteiger partial charge in [0.1, 0.15) is 5.82 Å². The van der Waals surface area contributed by atoms with E-state index >= 15 is 0 Å². The summed E-state index contributed by atoms with van der Waals surface area (Å²) in [5.74, 6) is -0.435. The maximum atomic E-state index is 13.3. The van der Waals surface area contributed by atoms with E-state index in [1.807, 2.05) is 6.92 Å². The molecule has 0 saturated carbocycles. The van der Waals surface area contributed by atoms with Crippen molar-refractivity contribution in [1.82, 2.24) is 4.90 Å². The average Bonchev–Trinajstić information content (AvgIpc) is 2.33. The molecule has 0 heterocycles. The van der Waals surface area contributed by atoms with E-state index in [1.54, 1.807) is 17.0 Å². The number of rotatable bonds is 5. The van der Waals surface area contributed by atoms with Crippen LogP contribution in [0.4, 0.5) is 14.9 Å². The Balaban J connectivity index is 2.61. The Kier molecular flexibility index (Phi) is 5.42. The summed E-state index contributed by atoms with van der Waals surface area (Å²) in [5, 5.41) is 2.54. The number of hydrogen-bond acceptors (Lipinski definition) is 2. The van der Waals surface area contributed by atoms with Gasteiger partial charge in [0.25, 0.3) is 0 Å². The molecule has 0 unspecified atom stereocenters. The van der Waals surface area contributed by atoms with Gasteiger partial charge in [0.15, 0.2) is 0 Å². The van der Waals surface area contributed by atoms with Gasteiger partial charge >= 0.3 is 6.03 Å². The number of carbonyl (C=O) groups excluding carboxylic acids is 1. The van der Waals surface area contributed by atoms with E-state index in [-0.39, 0.29) is 11.7 Å². The Morgan fingerprint density at radius 2 is 2.18 bits per heavy atom. The third-order valence-corrected chi connectivity index (χ3v) is 2.42. The maximum absolute atomic E-state index is 13.3. The van der Waals surface area contributed by atoms with E-state index in [0.717, 1.165) is 6.42 Å². The summed E-state index contributed by atoms with van der Waals surface area (Å²) >= 11 is 0. The first-order chi connectivity index (χ1) is 8.19. The minimum atomic E-state index is -0.435. The van der Waals surface area contributed by atoms with Crippen LogP contribution < -0.4 is 11.1 Å². The molecule has 0 saturated heterocycles. The van der Waals surface area contributed by atoms with Crippen molar-refractivity contribution in [3.8, 4) is 0 Å². The van der Waals surface area contributed by atoms with E-state index in [0.29, 0.717) is 19.6 Å². The highest BCUT2D eigenvalue weighted by Gasteiger charge is 2.12. The highest BCUT2D eigenvalue weighted by molar-refractivity contribution is 5.89. The van der Waals surface area contributed by atoms with Gasteiger partial charge < -0.3 is 16.0 Å². The number of hydrogen-bond donors (Lipinski definition) is 2. The fourth-order valence-corrected chi connectivity index (χ4v) is 1.44. The van der Waals surface area contributed by atoms with Crippen LogP contribution >= 0.6 is 0 Å². The van der Waals surface area contributed by atoms with Crippen LogP contribution in [0, 0.1) is 5.82 Å². The lowest BCUT2D eigenvalue weighted by atomic mass is 10.3. The van der Waals surface area contributed by atoms with Crippen LogP contribution in [-0.2, 0) is 0 Å². The normalized spacial score (nSPS) is 10.1. The highest BCUT2D eigenvalue weighted by atomic mass is 19.1. The Labute approximate surface area is 101 Å². The standard InChI is InChI=1S/C12H18FN3O/c1-2-16(9-5-8-14)12(17)15-11-7-4-3-6-10(11)13/h3-4,6-7H,2,5,8-9,14H2,1H3,(H,15,17). The second kappa shape index (κ2) is 6.85. The molecule has 17 heavy (non-hydrogen) atoms. The summed E-state index contributed by atoms with van der Waals surface area (Å²) in [6.45, 7) is 3.55. The summed E-state index contributed by atoms with van der Waals surface area (Å²) in [7, 11) is 0. The van der Waals surface area contributed by atoms with E-state index in [4.69, 9.17) is 5.73 Å². The minimum absolute atomic E-state index is 0.198. The smallest absolute Gasteiger partial charge is 0.321 e. The van der Waals surface area contributed by atoms with Crippen LogP contribution in [0.3, 0.4) is 0 Å². The molecule has 3 N–H and O–H groups in total. The van der Waals surface area contributed by atoms with Gasteiger partial charge in [-0.15, -0.1) is 0 Å². The van der Waals surface area contributed by atoms with Gasteiger partial charge in [0.05, 0.1) is 5.69 Å². The molecular formula is C12H18FN3O. The highest BCUT2D eigenvalue weighted by Crippen LogP contribution is 2.13. The summed E-state index contributed by atoms with van der Waals surface area (Å²) in [4.78, 5) is 13.4. The Hall–Kier alpha value is -1.62. The van der Waals surface area contributed by atoms with Gasteiger partial charge in [-0.05, 0) is 32.0 Å².